The number of pyridine rings is 2. The molecule has 0 spiro atoms. The van der Waals surface area contributed by atoms with Gasteiger partial charge in [-0.15, -0.1) is 0 Å². The number of alkyl halides is 3. The van der Waals surface area contributed by atoms with Gasteiger partial charge in [0.1, 0.15) is 11.9 Å². The van der Waals surface area contributed by atoms with Crippen molar-refractivity contribution in [2.24, 2.45) is 7.05 Å². The fraction of sp³-hybridized carbons (Fsp3) is 0.281. The third kappa shape index (κ3) is 4.84. The van der Waals surface area contributed by atoms with Crippen molar-refractivity contribution in [3.63, 3.8) is 0 Å². The van der Waals surface area contributed by atoms with Gasteiger partial charge < -0.3 is 9.80 Å². The number of rotatable bonds is 6. The lowest BCUT2D eigenvalue weighted by atomic mass is 9.75. The Balaban J connectivity index is 1.24. The Morgan fingerprint density at radius 1 is 0.932 bits per heavy atom. The van der Waals surface area contributed by atoms with Gasteiger partial charge in [0.15, 0.2) is 5.41 Å². The van der Waals surface area contributed by atoms with Crippen LogP contribution in [0.4, 0.5) is 19.0 Å². The lowest BCUT2D eigenvalue weighted by Crippen LogP contribution is -2.59. The van der Waals surface area contributed by atoms with Crippen LogP contribution in [0.5, 0.6) is 0 Å². The maximum Gasteiger partial charge on any atom is 0.407 e. The fourth-order valence-electron chi connectivity index (χ4n) is 5.98. The number of piperazine rings is 1. The number of nitriles is 1. The zero-order valence-electron chi connectivity index (χ0n) is 24.2. The highest BCUT2D eigenvalue weighted by Gasteiger charge is 2.61. The van der Waals surface area contributed by atoms with Gasteiger partial charge in [-0.3, -0.25) is 9.48 Å². The molecule has 9 nitrogen and oxygen atoms in total. The first-order valence-electron chi connectivity index (χ1n) is 14.2. The molecule has 1 aromatic carbocycles. The number of fused-ring (bicyclic) bond motifs is 1. The first-order valence-corrected chi connectivity index (χ1v) is 14.2. The Labute approximate surface area is 251 Å². The van der Waals surface area contributed by atoms with Gasteiger partial charge in [0, 0.05) is 74.1 Å². The Kier molecular flexibility index (Phi) is 7.33. The summed E-state index contributed by atoms with van der Waals surface area (Å²) in [5.41, 5.74) is 1.77. The van der Waals surface area contributed by atoms with E-state index in [9.17, 15) is 23.2 Å². The number of carbonyl (C=O) groups is 1. The van der Waals surface area contributed by atoms with E-state index in [4.69, 9.17) is 0 Å². The summed E-state index contributed by atoms with van der Waals surface area (Å²) >= 11 is 0. The van der Waals surface area contributed by atoms with E-state index < -0.39 is 17.5 Å². The molecule has 5 aromatic rings. The third-order valence-electron chi connectivity index (χ3n) is 8.37. The van der Waals surface area contributed by atoms with Crippen molar-refractivity contribution in [3.8, 4) is 28.3 Å². The lowest BCUT2D eigenvalue weighted by molar-refractivity contribution is -0.202. The highest BCUT2D eigenvalue weighted by molar-refractivity contribution is 5.90. The summed E-state index contributed by atoms with van der Waals surface area (Å²) in [6.07, 6.45) is 3.61. The topological polar surface area (TPSA) is 95.4 Å². The van der Waals surface area contributed by atoms with Gasteiger partial charge in [0.05, 0.1) is 23.5 Å². The zero-order valence-corrected chi connectivity index (χ0v) is 24.2. The zero-order chi connectivity index (χ0) is 31.1. The molecule has 6 rings (SSSR count). The molecule has 0 aliphatic carbocycles. The van der Waals surface area contributed by atoms with Gasteiger partial charge in [-0.1, -0.05) is 37.3 Å². The summed E-state index contributed by atoms with van der Waals surface area (Å²) in [5, 5.41) is 18.3. The SMILES string of the molecule is CC[C@@](C(=O)N1CCN(c2ccc(-c3cc(-c4cnn(C)c4)cn4ncc(C#N)c34)cn2)CC1)(c1ccccc1)C(F)(F)F. The van der Waals surface area contributed by atoms with Crippen LogP contribution in [0, 0.1) is 11.3 Å². The molecule has 1 aliphatic rings. The van der Waals surface area contributed by atoms with E-state index >= 15 is 0 Å². The first-order chi connectivity index (χ1) is 21.2. The minimum absolute atomic E-state index is 0.0425. The molecule has 1 saturated heterocycles. The minimum atomic E-state index is -4.74. The average molecular weight is 599 g/mol. The number of amides is 1. The van der Waals surface area contributed by atoms with Crippen LogP contribution >= 0.6 is 0 Å². The molecule has 1 atom stereocenters. The number of aromatic nitrogens is 5. The maximum atomic E-state index is 14.5. The van der Waals surface area contributed by atoms with Crippen LogP contribution in [-0.2, 0) is 17.3 Å². The molecule has 0 bridgehead atoms. The Hall–Kier alpha value is -5.18. The molecular weight excluding hydrogens is 569 g/mol. The Morgan fingerprint density at radius 3 is 2.27 bits per heavy atom. The fourth-order valence-corrected chi connectivity index (χ4v) is 5.98. The van der Waals surface area contributed by atoms with Crippen LogP contribution in [0.1, 0.15) is 24.5 Å². The number of anilines is 1. The molecule has 1 aliphatic heterocycles. The van der Waals surface area contributed by atoms with E-state index in [2.05, 4.69) is 21.3 Å². The van der Waals surface area contributed by atoms with Gasteiger partial charge in [-0.2, -0.15) is 28.6 Å². The first kappa shape index (κ1) is 28.9. The van der Waals surface area contributed by atoms with Crippen LogP contribution in [0.3, 0.4) is 0 Å². The highest BCUT2D eigenvalue weighted by atomic mass is 19.4. The van der Waals surface area contributed by atoms with Crippen LogP contribution in [0.2, 0.25) is 0 Å². The van der Waals surface area contributed by atoms with Gasteiger partial charge >= 0.3 is 6.18 Å². The second-order valence-electron chi connectivity index (χ2n) is 10.8. The highest BCUT2D eigenvalue weighted by Crippen LogP contribution is 2.45. The molecule has 4 aromatic heterocycles. The largest absolute Gasteiger partial charge is 0.407 e. The lowest BCUT2D eigenvalue weighted by Gasteiger charge is -2.42. The number of benzene rings is 1. The van der Waals surface area contributed by atoms with E-state index in [0.717, 1.165) is 22.3 Å². The predicted octanol–water partition coefficient (Wildman–Crippen LogP) is 5.23. The van der Waals surface area contributed by atoms with Crippen LogP contribution in [0.25, 0.3) is 27.8 Å². The standard InChI is InChI=1S/C32H29F3N8O/c1-3-31(32(33,34)35,26-7-5-4-6-8-26)30(44)42-13-11-41(12-14-42)28-10-9-22(17-37-28)27-15-23(25-19-38-40(2)20-25)21-43-29(27)24(16-36)18-39-43/h4-10,15,17-21H,3,11-14H2,1-2H3/t31-/m0/s1. The number of carbonyl (C=O) groups excluding carboxylic acids is 1. The van der Waals surface area contributed by atoms with Gasteiger partial charge in [0.2, 0.25) is 5.91 Å². The summed E-state index contributed by atoms with van der Waals surface area (Å²) < 4.78 is 47.0. The van der Waals surface area contributed by atoms with Crippen LogP contribution in [0.15, 0.2) is 79.5 Å². The van der Waals surface area contributed by atoms with E-state index in [-0.39, 0.29) is 25.1 Å². The van der Waals surface area contributed by atoms with E-state index in [1.165, 1.54) is 42.3 Å². The number of hydrogen-bond acceptors (Lipinski definition) is 6. The minimum Gasteiger partial charge on any atom is -0.353 e. The van der Waals surface area contributed by atoms with Crippen molar-refractivity contribution in [1.82, 2.24) is 29.3 Å². The van der Waals surface area contributed by atoms with E-state index in [1.807, 2.05) is 42.5 Å². The number of hydrogen-bond donors (Lipinski definition) is 0. The second kappa shape index (κ2) is 11.1. The molecule has 12 heteroatoms. The summed E-state index contributed by atoms with van der Waals surface area (Å²) in [7, 11) is 1.84. The quantitative estimate of drug-likeness (QED) is 0.266. The number of halogens is 3. The van der Waals surface area contributed by atoms with E-state index in [0.29, 0.717) is 30.0 Å². The van der Waals surface area contributed by atoms with Crippen LogP contribution in [-0.4, -0.2) is 67.5 Å². The molecule has 0 saturated carbocycles. The molecule has 224 valence electrons. The summed E-state index contributed by atoms with van der Waals surface area (Å²) in [6, 6.07) is 15.4. The predicted molar refractivity (Wildman–Crippen MR) is 159 cm³/mol. The molecule has 1 fully saturated rings. The third-order valence-corrected chi connectivity index (χ3v) is 8.37. The molecule has 1 amide bonds. The summed E-state index contributed by atoms with van der Waals surface area (Å²) in [4.78, 5) is 21.5. The van der Waals surface area contributed by atoms with Crippen molar-refractivity contribution in [2.75, 3.05) is 31.1 Å². The Morgan fingerprint density at radius 2 is 1.68 bits per heavy atom. The van der Waals surface area contributed by atoms with Crippen molar-refractivity contribution < 1.29 is 18.0 Å². The normalized spacial score (nSPS) is 15.3. The molecule has 0 N–H and O–H groups in total. The van der Waals surface area contributed by atoms with Crippen LogP contribution < -0.4 is 4.90 Å². The molecule has 5 heterocycles. The molecule has 44 heavy (non-hydrogen) atoms. The van der Waals surface area contributed by atoms with Crippen molar-refractivity contribution in [1.29, 1.82) is 5.26 Å². The van der Waals surface area contributed by atoms with E-state index in [1.54, 1.807) is 27.7 Å². The number of nitrogens with zero attached hydrogens (tertiary/aromatic N) is 8. The molecular formula is C32H29F3N8O. The van der Waals surface area contributed by atoms with Crippen molar-refractivity contribution in [3.05, 3.63) is 90.6 Å². The molecule has 0 unspecified atom stereocenters. The van der Waals surface area contributed by atoms with Gasteiger partial charge in [0.25, 0.3) is 0 Å². The number of aryl methyl sites for hydroxylation is 1. The van der Waals surface area contributed by atoms with Gasteiger partial charge in [-0.05, 0) is 30.2 Å². The van der Waals surface area contributed by atoms with Crippen molar-refractivity contribution >= 4 is 17.2 Å². The van der Waals surface area contributed by atoms with Crippen molar-refractivity contribution in [2.45, 2.75) is 24.9 Å². The van der Waals surface area contributed by atoms with Gasteiger partial charge in [-0.25, -0.2) is 9.50 Å². The second-order valence-corrected chi connectivity index (χ2v) is 10.8. The molecule has 0 radical (unpaired) electrons. The average Bonchev–Trinajstić information content (AvgIpc) is 3.67. The summed E-state index contributed by atoms with van der Waals surface area (Å²) in [5.74, 6) is -0.275. The Bertz CT molecular complexity index is 1850. The summed E-state index contributed by atoms with van der Waals surface area (Å²) in [6.45, 7) is 2.37. The monoisotopic (exact) mass is 598 g/mol. The smallest absolute Gasteiger partial charge is 0.353 e. The maximum absolute atomic E-state index is 14.5.